The molecule has 8 heteroatoms. The number of rotatable bonds is 3. The first-order valence-corrected chi connectivity index (χ1v) is 6.01. The van der Waals surface area contributed by atoms with Gasteiger partial charge in [-0.15, -0.1) is 0 Å². The normalized spacial score (nSPS) is 10.0. The fourth-order valence-electron chi connectivity index (χ4n) is 1.72. The molecule has 0 unspecified atom stereocenters. The van der Waals surface area contributed by atoms with Gasteiger partial charge in [0.1, 0.15) is 5.84 Å². The number of benzene rings is 1. The molecule has 0 atom stereocenters. The Kier molecular flexibility index (Phi) is 4.10. The van der Waals surface area contributed by atoms with Gasteiger partial charge < -0.3 is 11.1 Å². The van der Waals surface area contributed by atoms with E-state index in [4.69, 9.17) is 16.4 Å². The number of nitrogens with one attached hydrogen (secondary N) is 3. The first-order valence-electron chi connectivity index (χ1n) is 6.01. The Morgan fingerprint density at radius 1 is 1.43 bits per heavy atom. The van der Waals surface area contributed by atoms with Gasteiger partial charge in [-0.05, 0) is 6.07 Å². The van der Waals surface area contributed by atoms with Crippen molar-refractivity contribution in [3.8, 4) is 11.3 Å². The molecule has 6 N–H and O–H groups in total. The van der Waals surface area contributed by atoms with E-state index in [0.29, 0.717) is 16.8 Å². The average molecular weight is 286 g/mol. The minimum atomic E-state index is -0.428. The summed E-state index contributed by atoms with van der Waals surface area (Å²) in [6.45, 7) is 0. The van der Waals surface area contributed by atoms with E-state index in [0.717, 1.165) is 0 Å². The number of nitrogens with zero attached hydrogens (tertiary/aromatic N) is 2. The molecule has 1 aromatic carbocycles. The molecule has 2 aromatic rings. The first-order chi connectivity index (χ1) is 10.1. The molecule has 0 bridgehead atoms. The molecular weight excluding hydrogens is 272 g/mol. The van der Waals surface area contributed by atoms with Gasteiger partial charge in [-0.3, -0.25) is 20.9 Å². The topological polar surface area (TPSA) is 137 Å². The second kappa shape index (κ2) is 5.97. The third kappa shape index (κ3) is 2.95. The highest BCUT2D eigenvalue weighted by molar-refractivity contribution is 5.97. The molecule has 21 heavy (non-hydrogen) atoms. The second-order valence-corrected chi connectivity index (χ2v) is 4.14. The summed E-state index contributed by atoms with van der Waals surface area (Å²) in [5.74, 6) is -0.534. The van der Waals surface area contributed by atoms with Crippen LogP contribution in [0.15, 0.2) is 30.5 Å². The first kappa shape index (κ1) is 14.4. The van der Waals surface area contributed by atoms with E-state index in [9.17, 15) is 4.79 Å². The van der Waals surface area contributed by atoms with Crippen LogP contribution >= 0.6 is 0 Å². The lowest BCUT2D eigenvalue weighted by molar-refractivity contribution is 0.0959. The molecule has 0 aliphatic heterocycles. The summed E-state index contributed by atoms with van der Waals surface area (Å²) in [7, 11) is 1.48. The Labute approximate surface area is 120 Å². The summed E-state index contributed by atoms with van der Waals surface area (Å²) >= 11 is 0. The van der Waals surface area contributed by atoms with Crippen molar-refractivity contribution < 1.29 is 10.0 Å². The maximum Gasteiger partial charge on any atom is 0.273 e. The Morgan fingerprint density at radius 2 is 2.19 bits per heavy atom. The number of amides is 1. The fourth-order valence-corrected chi connectivity index (χ4v) is 1.72. The average Bonchev–Trinajstić information content (AvgIpc) is 2.54. The van der Waals surface area contributed by atoms with Gasteiger partial charge in [0.05, 0.1) is 11.9 Å². The molecule has 0 saturated carbocycles. The van der Waals surface area contributed by atoms with Gasteiger partial charge in [0.2, 0.25) is 0 Å². The molecule has 1 aromatic heterocycles. The highest BCUT2D eigenvalue weighted by atomic mass is 16.5. The number of anilines is 1. The van der Waals surface area contributed by atoms with Gasteiger partial charge in [0.15, 0.2) is 11.5 Å². The molecule has 0 spiro atoms. The lowest BCUT2D eigenvalue weighted by Gasteiger charge is -2.08. The van der Waals surface area contributed by atoms with Crippen LogP contribution in [-0.2, 0) is 0 Å². The van der Waals surface area contributed by atoms with Crippen LogP contribution in [0.4, 0.5) is 5.82 Å². The van der Waals surface area contributed by atoms with Crippen LogP contribution in [0, 0.1) is 5.41 Å². The van der Waals surface area contributed by atoms with Crippen molar-refractivity contribution in [3.63, 3.8) is 0 Å². The zero-order valence-corrected chi connectivity index (χ0v) is 11.2. The molecule has 8 nitrogen and oxygen atoms in total. The highest BCUT2D eigenvalue weighted by Gasteiger charge is 2.13. The largest absolute Gasteiger partial charge is 0.382 e. The number of hydrogen-bond donors (Lipinski definition) is 5. The summed E-state index contributed by atoms with van der Waals surface area (Å²) < 4.78 is 0. The third-order valence-electron chi connectivity index (χ3n) is 2.80. The molecule has 0 aliphatic carbocycles. The van der Waals surface area contributed by atoms with E-state index in [1.165, 1.54) is 13.2 Å². The molecule has 0 radical (unpaired) electrons. The van der Waals surface area contributed by atoms with Gasteiger partial charge in [-0.2, -0.15) is 0 Å². The number of hydrogen-bond acceptors (Lipinski definition) is 6. The quantitative estimate of drug-likeness (QED) is 0.314. The fraction of sp³-hybridized carbons (Fsp3) is 0.0769. The van der Waals surface area contributed by atoms with Crippen LogP contribution in [0.25, 0.3) is 11.3 Å². The Bertz CT molecular complexity index is 701. The van der Waals surface area contributed by atoms with E-state index < -0.39 is 5.91 Å². The summed E-state index contributed by atoms with van der Waals surface area (Å²) in [4.78, 5) is 19.8. The van der Waals surface area contributed by atoms with Gasteiger partial charge in [0.25, 0.3) is 5.91 Å². The molecule has 1 heterocycles. The van der Waals surface area contributed by atoms with Crippen molar-refractivity contribution in [1.82, 2.24) is 20.8 Å². The number of amidine groups is 1. The molecule has 0 aliphatic rings. The highest BCUT2D eigenvalue weighted by Crippen LogP contribution is 2.19. The van der Waals surface area contributed by atoms with Crippen LogP contribution < -0.4 is 16.5 Å². The zero-order chi connectivity index (χ0) is 15.4. The van der Waals surface area contributed by atoms with Crippen LogP contribution in [-0.4, -0.2) is 34.0 Å². The Morgan fingerprint density at radius 3 is 2.86 bits per heavy atom. The lowest BCUT2D eigenvalue weighted by atomic mass is 10.1. The van der Waals surface area contributed by atoms with Crippen molar-refractivity contribution in [1.29, 1.82) is 5.41 Å². The standard InChI is InChI=1S/C13H14N6O2/c1-16-13(20)10-12(15)17-6-9(18-10)7-3-2-4-8(5-7)11(14)19-21/h2-6,21H,1H3,(H2,14,19)(H2,15,17)(H,16,20). The zero-order valence-electron chi connectivity index (χ0n) is 11.2. The van der Waals surface area contributed by atoms with Gasteiger partial charge in [-0.1, -0.05) is 18.2 Å². The molecule has 0 saturated heterocycles. The molecular formula is C13H14N6O2. The second-order valence-electron chi connectivity index (χ2n) is 4.14. The van der Waals surface area contributed by atoms with Gasteiger partial charge >= 0.3 is 0 Å². The Balaban J connectivity index is 2.47. The molecule has 108 valence electrons. The van der Waals surface area contributed by atoms with Gasteiger partial charge in [-0.25, -0.2) is 9.97 Å². The number of aromatic nitrogens is 2. The van der Waals surface area contributed by atoms with Crippen LogP contribution in [0.3, 0.4) is 0 Å². The number of carbonyl (C=O) groups is 1. The van der Waals surface area contributed by atoms with Crippen LogP contribution in [0.2, 0.25) is 0 Å². The SMILES string of the molecule is CNC(=O)c1nc(-c2cccc(C(=N)NO)c2)cnc1N. The maximum atomic E-state index is 11.7. The smallest absolute Gasteiger partial charge is 0.273 e. The minimum Gasteiger partial charge on any atom is -0.382 e. The van der Waals surface area contributed by atoms with E-state index in [1.54, 1.807) is 29.7 Å². The lowest BCUT2D eigenvalue weighted by Crippen LogP contribution is -2.21. The van der Waals surface area contributed by atoms with Crippen LogP contribution in [0.5, 0.6) is 0 Å². The van der Waals surface area contributed by atoms with E-state index in [-0.39, 0.29) is 17.3 Å². The van der Waals surface area contributed by atoms with Crippen molar-refractivity contribution in [3.05, 3.63) is 41.7 Å². The Hall–Kier alpha value is -3.00. The van der Waals surface area contributed by atoms with Crippen molar-refractivity contribution in [2.45, 2.75) is 0 Å². The van der Waals surface area contributed by atoms with Crippen molar-refractivity contribution in [2.24, 2.45) is 0 Å². The summed E-state index contributed by atoms with van der Waals surface area (Å²) in [6, 6.07) is 6.75. The number of nitrogen functional groups attached to an aromatic ring is 1. The van der Waals surface area contributed by atoms with Gasteiger partial charge in [0, 0.05) is 18.2 Å². The summed E-state index contributed by atoms with van der Waals surface area (Å²) in [5, 5.41) is 18.7. The minimum absolute atomic E-state index is 0.0377. The molecule has 0 fully saturated rings. The van der Waals surface area contributed by atoms with Crippen molar-refractivity contribution in [2.75, 3.05) is 12.8 Å². The third-order valence-corrected chi connectivity index (χ3v) is 2.80. The van der Waals surface area contributed by atoms with E-state index in [1.807, 2.05) is 0 Å². The summed E-state index contributed by atoms with van der Waals surface area (Å²) in [5.41, 5.74) is 8.99. The molecule has 1 amide bonds. The molecule has 2 rings (SSSR count). The monoisotopic (exact) mass is 286 g/mol. The predicted octanol–water partition coefficient (Wildman–Crippen LogP) is 0.390. The van der Waals surface area contributed by atoms with Crippen molar-refractivity contribution >= 4 is 17.6 Å². The predicted molar refractivity (Wildman–Crippen MR) is 77.0 cm³/mol. The number of nitrogens with two attached hydrogens (primary N) is 1. The van der Waals surface area contributed by atoms with E-state index in [2.05, 4.69) is 15.3 Å². The number of hydroxylamine groups is 1. The van der Waals surface area contributed by atoms with E-state index >= 15 is 0 Å². The summed E-state index contributed by atoms with van der Waals surface area (Å²) in [6.07, 6.45) is 1.44. The van der Waals surface area contributed by atoms with Crippen LogP contribution in [0.1, 0.15) is 16.1 Å². The maximum absolute atomic E-state index is 11.7. The number of carbonyl (C=O) groups excluding carboxylic acids is 1.